The number of nitrogens with one attached hydrogen (secondary N) is 2. The fourth-order valence-corrected chi connectivity index (χ4v) is 6.08. The van der Waals surface area contributed by atoms with Crippen molar-refractivity contribution < 1.29 is 14.3 Å². The first-order chi connectivity index (χ1) is 22.5. The Morgan fingerprint density at radius 3 is 2.47 bits per heavy atom. The van der Waals surface area contributed by atoms with Gasteiger partial charge < -0.3 is 15.0 Å². The Kier molecular flexibility index (Phi) is 10.5. The third-order valence-electron chi connectivity index (χ3n) is 8.77. The molecule has 47 heavy (non-hydrogen) atoms. The highest BCUT2D eigenvalue weighted by atomic mass is 16.5. The van der Waals surface area contributed by atoms with Crippen LogP contribution in [0, 0.1) is 0 Å². The Hall–Kier alpha value is -4.38. The smallest absolute Gasteiger partial charge is 0.320 e. The van der Waals surface area contributed by atoms with Gasteiger partial charge in [0.05, 0.1) is 17.9 Å². The summed E-state index contributed by atoms with van der Waals surface area (Å²) in [5.41, 5.74) is 3.21. The number of anilines is 1. The van der Waals surface area contributed by atoms with Crippen LogP contribution in [0.4, 0.5) is 10.6 Å². The maximum absolute atomic E-state index is 13.4. The highest BCUT2D eigenvalue weighted by Crippen LogP contribution is 2.39. The van der Waals surface area contributed by atoms with Gasteiger partial charge in [-0.15, -0.1) is 10.2 Å². The summed E-state index contributed by atoms with van der Waals surface area (Å²) in [6, 6.07) is 13.1. The Bertz CT molecular complexity index is 1710. The van der Waals surface area contributed by atoms with Gasteiger partial charge in [-0.25, -0.2) is 14.8 Å². The highest BCUT2D eigenvalue weighted by Gasteiger charge is 2.30. The molecule has 0 spiro atoms. The first-order valence-corrected chi connectivity index (χ1v) is 16.7. The van der Waals surface area contributed by atoms with E-state index in [2.05, 4.69) is 50.7 Å². The maximum Gasteiger partial charge on any atom is 0.320 e. The van der Waals surface area contributed by atoms with Crippen LogP contribution in [-0.4, -0.2) is 61.9 Å². The molecule has 3 aromatic heterocycles. The molecule has 0 radical (unpaired) electrons. The quantitative estimate of drug-likeness (QED) is 0.158. The number of urea groups is 1. The van der Waals surface area contributed by atoms with Crippen LogP contribution in [0.3, 0.4) is 0 Å². The molecule has 0 saturated carbocycles. The summed E-state index contributed by atoms with van der Waals surface area (Å²) in [5.74, 6) is 2.33. The van der Waals surface area contributed by atoms with Gasteiger partial charge in [-0.05, 0) is 76.0 Å². The normalized spacial score (nSPS) is 16.4. The van der Waals surface area contributed by atoms with Gasteiger partial charge in [0, 0.05) is 23.8 Å². The molecule has 250 valence electrons. The van der Waals surface area contributed by atoms with E-state index in [4.69, 9.17) is 4.74 Å². The second-order valence-corrected chi connectivity index (χ2v) is 13.7. The average Bonchev–Trinajstić information content (AvgIpc) is 3.45. The summed E-state index contributed by atoms with van der Waals surface area (Å²) in [5, 5.41) is 14.8. The van der Waals surface area contributed by atoms with E-state index in [9.17, 15) is 9.59 Å². The molecule has 1 aromatic carbocycles. The zero-order valence-electron chi connectivity index (χ0n) is 28.7. The molecular weight excluding hydrogens is 592 g/mol. The van der Waals surface area contributed by atoms with Crippen LogP contribution in [0.15, 0.2) is 48.7 Å². The van der Waals surface area contributed by atoms with Crippen molar-refractivity contribution in [3.8, 4) is 5.75 Å². The number of carbonyl (C=O) groups is 2. The van der Waals surface area contributed by atoms with Crippen molar-refractivity contribution >= 4 is 23.3 Å². The van der Waals surface area contributed by atoms with Crippen molar-refractivity contribution in [2.45, 2.75) is 96.6 Å². The molecule has 11 heteroatoms. The number of pyridine rings is 1. The number of Topliss-reactive ketones (excluding diaryl/α,β-unsaturated/α-hetero) is 1. The van der Waals surface area contributed by atoms with E-state index in [0.29, 0.717) is 36.7 Å². The molecule has 0 saturated heterocycles. The first-order valence-electron chi connectivity index (χ1n) is 16.7. The van der Waals surface area contributed by atoms with Gasteiger partial charge in [-0.1, -0.05) is 58.9 Å². The summed E-state index contributed by atoms with van der Waals surface area (Å²) in [4.78, 5) is 37.4. The van der Waals surface area contributed by atoms with E-state index >= 15 is 0 Å². The van der Waals surface area contributed by atoms with Crippen LogP contribution < -0.4 is 15.4 Å². The van der Waals surface area contributed by atoms with Crippen molar-refractivity contribution in [2.75, 3.05) is 26.0 Å². The molecule has 1 aliphatic rings. The molecule has 0 bridgehead atoms. The minimum atomic E-state index is -0.388. The topological polar surface area (TPSA) is 127 Å². The molecule has 2 N–H and O–H groups in total. The molecule has 2 atom stereocenters. The van der Waals surface area contributed by atoms with Crippen LogP contribution in [0.1, 0.15) is 124 Å². The van der Waals surface area contributed by atoms with Gasteiger partial charge >= 0.3 is 6.03 Å². The van der Waals surface area contributed by atoms with E-state index in [1.807, 2.05) is 80.7 Å². The number of hydrogen-bond donors (Lipinski definition) is 2. The minimum Gasteiger partial charge on any atom is -0.484 e. The van der Waals surface area contributed by atoms with E-state index in [0.717, 1.165) is 54.2 Å². The number of ketones is 1. The molecule has 5 rings (SSSR count). The first kappa shape index (κ1) is 34.0. The van der Waals surface area contributed by atoms with Gasteiger partial charge in [-0.2, -0.15) is 0 Å². The van der Waals surface area contributed by atoms with Gasteiger partial charge in [0.1, 0.15) is 23.5 Å². The number of amides is 2. The third kappa shape index (κ3) is 8.13. The Labute approximate surface area is 277 Å². The molecule has 1 aliphatic carbocycles. The number of aromatic nitrogens is 5. The van der Waals surface area contributed by atoms with Gasteiger partial charge in [0.2, 0.25) is 0 Å². The number of nitrogens with zero attached hydrogens (tertiary/aromatic N) is 6. The third-order valence-corrected chi connectivity index (χ3v) is 8.77. The lowest BCUT2D eigenvalue weighted by Gasteiger charge is -2.32. The molecule has 0 unspecified atom stereocenters. The lowest BCUT2D eigenvalue weighted by molar-refractivity contribution is 0.0966. The second kappa shape index (κ2) is 14.6. The number of hydrogen-bond acceptors (Lipinski definition) is 8. The largest absolute Gasteiger partial charge is 0.484 e. The van der Waals surface area contributed by atoms with Crippen LogP contribution in [-0.2, 0) is 5.41 Å². The Morgan fingerprint density at radius 2 is 1.77 bits per heavy atom. The van der Waals surface area contributed by atoms with Crippen LogP contribution in [0.25, 0.3) is 5.65 Å². The fraction of sp³-hybridized carbons (Fsp3) is 0.500. The lowest BCUT2D eigenvalue weighted by atomic mass is 9.85. The van der Waals surface area contributed by atoms with Crippen LogP contribution >= 0.6 is 0 Å². The predicted octanol–water partition coefficient (Wildman–Crippen LogP) is 7.02. The van der Waals surface area contributed by atoms with E-state index in [-0.39, 0.29) is 35.2 Å². The number of ether oxygens (including phenoxy) is 1. The van der Waals surface area contributed by atoms with E-state index in [1.54, 1.807) is 6.07 Å². The van der Waals surface area contributed by atoms with Gasteiger partial charge in [-0.3, -0.25) is 14.5 Å². The Morgan fingerprint density at radius 1 is 1.02 bits per heavy atom. The number of fused-ring (bicyclic) bond motifs is 2. The van der Waals surface area contributed by atoms with Crippen molar-refractivity contribution in [2.24, 2.45) is 0 Å². The number of carbonyl (C=O) groups excluding carboxylic acids is 2. The summed E-state index contributed by atoms with van der Waals surface area (Å²) in [6.07, 6.45) is 6.25. The van der Waals surface area contributed by atoms with Crippen LogP contribution in [0.5, 0.6) is 5.75 Å². The lowest BCUT2D eigenvalue weighted by Crippen LogP contribution is -2.36. The summed E-state index contributed by atoms with van der Waals surface area (Å²) >= 11 is 0. The van der Waals surface area contributed by atoms with Gasteiger partial charge in [0.25, 0.3) is 0 Å². The van der Waals surface area contributed by atoms with Gasteiger partial charge in [0.15, 0.2) is 17.3 Å². The number of benzene rings is 1. The van der Waals surface area contributed by atoms with Crippen LogP contribution in [0.2, 0.25) is 0 Å². The maximum atomic E-state index is 13.4. The summed E-state index contributed by atoms with van der Waals surface area (Å²) < 4.78 is 8.61. The zero-order valence-corrected chi connectivity index (χ0v) is 28.7. The highest BCUT2D eigenvalue weighted by molar-refractivity contribution is 5.94. The van der Waals surface area contributed by atoms with Crippen molar-refractivity contribution in [3.05, 3.63) is 77.1 Å². The summed E-state index contributed by atoms with van der Waals surface area (Å²) in [7, 11) is 3.95. The molecule has 3 heterocycles. The molecular formula is C36H48N8O3. The molecule has 4 aromatic rings. The van der Waals surface area contributed by atoms with Crippen molar-refractivity contribution in [1.82, 2.24) is 34.8 Å². The minimum absolute atomic E-state index is 0.131. The summed E-state index contributed by atoms with van der Waals surface area (Å²) in [6.45, 7) is 11.2. The fourth-order valence-electron chi connectivity index (χ4n) is 6.08. The number of rotatable bonds is 12. The monoisotopic (exact) mass is 640 g/mol. The predicted molar refractivity (Wildman–Crippen MR) is 183 cm³/mol. The average molecular weight is 641 g/mol. The zero-order chi connectivity index (χ0) is 33.7. The SMILES string of the molecule is CCC(CC)c1nnc2ccc(O[C@@H]3CC[C@H](NC(=O)Nc4cc(C(C)(C)C)nc(C(=O)CCCN(C)C)n4)c4ccccc43)cn12. The second-order valence-electron chi connectivity index (χ2n) is 13.7. The molecule has 0 aliphatic heterocycles. The van der Waals surface area contributed by atoms with Crippen molar-refractivity contribution in [3.63, 3.8) is 0 Å². The standard InChI is InChI=1S/C36H48N8O3/c1-8-23(9-2)34-42-41-32-19-16-24(22-44(32)34)47-29-18-17-27(25-13-10-11-14-26(25)29)37-35(46)40-31-21-30(36(3,4)5)38-33(39-31)28(45)15-12-20-43(6)7/h10-11,13-14,16,19,21-23,27,29H,8-9,12,15,17-18,20H2,1-7H3,(H2,37,38,39,40,46)/t27-,29+/m0/s1. The molecule has 0 fully saturated rings. The molecule has 11 nitrogen and oxygen atoms in total. The molecule has 2 amide bonds. The van der Waals surface area contributed by atoms with E-state index in [1.165, 1.54) is 0 Å². The Balaban J connectivity index is 1.30. The van der Waals surface area contributed by atoms with Crippen molar-refractivity contribution in [1.29, 1.82) is 0 Å². The van der Waals surface area contributed by atoms with E-state index < -0.39 is 0 Å².